The van der Waals surface area contributed by atoms with Crippen LogP contribution in [0.15, 0.2) is 23.1 Å². The minimum atomic E-state index is -3.69. The van der Waals surface area contributed by atoms with Gasteiger partial charge in [0, 0.05) is 24.7 Å². The number of carbonyl (C=O) groups is 2. The van der Waals surface area contributed by atoms with Crippen LogP contribution in [0.2, 0.25) is 0 Å². The van der Waals surface area contributed by atoms with E-state index in [1.807, 2.05) is 0 Å². The van der Waals surface area contributed by atoms with Crippen molar-refractivity contribution in [3.8, 4) is 0 Å². The van der Waals surface area contributed by atoms with Crippen molar-refractivity contribution < 1.29 is 23.1 Å². The molecule has 7 nitrogen and oxygen atoms in total. The third-order valence-electron chi connectivity index (χ3n) is 4.31. The Bertz CT molecular complexity index is 767. The summed E-state index contributed by atoms with van der Waals surface area (Å²) in [5.41, 5.74) is 0.754. The molecule has 1 aromatic carbocycles. The van der Waals surface area contributed by atoms with Gasteiger partial charge in [0.25, 0.3) is 5.91 Å². The number of rotatable bonds is 8. The van der Waals surface area contributed by atoms with Gasteiger partial charge >= 0.3 is 5.97 Å². The van der Waals surface area contributed by atoms with Crippen LogP contribution in [0.4, 0.5) is 0 Å². The largest absolute Gasteiger partial charge is 0.480 e. The van der Waals surface area contributed by atoms with Crippen LogP contribution in [-0.4, -0.2) is 60.3 Å². The quantitative estimate of drug-likeness (QED) is 0.754. The van der Waals surface area contributed by atoms with Gasteiger partial charge in [-0.3, -0.25) is 9.59 Å². The lowest BCUT2D eigenvalue weighted by atomic mass is 10.1. The predicted molar refractivity (Wildman–Crippen MR) is 93.0 cm³/mol. The molecule has 1 saturated carbocycles. The number of hydrogen-bond acceptors (Lipinski definition) is 4. The van der Waals surface area contributed by atoms with Crippen LogP contribution in [0.5, 0.6) is 0 Å². The smallest absolute Gasteiger partial charge is 0.323 e. The van der Waals surface area contributed by atoms with E-state index in [0.717, 1.165) is 12.8 Å². The summed E-state index contributed by atoms with van der Waals surface area (Å²) in [6.45, 7) is 5.49. The van der Waals surface area contributed by atoms with Crippen LogP contribution in [0.3, 0.4) is 0 Å². The van der Waals surface area contributed by atoms with Crippen LogP contribution in [0.1, 0.15) is 42.6 Å². The van der Waals surface area contributed by atoms with Crippen LogP contribution in [0.25, 0.3) is 0 Å². The first kappa shape index (κ1) is 19.4. The summed E-state index contributed by atoms with van der Waals surface area (Å²) in [4.78, 5) is 25.1. The van der Waals surface area contributed by atoms with Gasteiger partial charge < -0.3 is 10.0 Å². The number of nitrogens with zero attached hydrogens (tertiary/aromatic N) is 2. The first-order chi connectivity index (χ1) is 11.7. The highest BCUT2D eigenvalue weighted by Crippen LogP contribution is 2.29. The monoisotopic (exact) mass is 368 g/mol. The molecule has 1 aromatic rings. The Hall–Kier alpha value is -1.93. The van der Waals surface area contributed by atoms with Crippen LogP contribution >= 0.6 is 0 Å². The van der Waals surface area contributed by atoms with Gasteiger partial charge in [-0.25, -0.2) is 8.42 Å². The Morgan fingerprint density at radius 2 is 1.80 bits per heavy atom. The Morgan fingerprint density at radius 1 is 1.20 bits per heavy atom. The molecule has 2 rings (SSSR count). The Kier molecular flexibility index (Phi) is 5.84. The summed E-state index contributed by atoms with van der Waals surface area (Å²) >= 11 is 0. The van der Waals surface area contributed by atoms with Crippen molar-refractivity contribution >= 4 is 21.9 Å². The summed E-state index contributed by atoms with van der Waals surface area (Å²) in [7, 11) is -3.69. The molecule has 0 saturated heterocycles. The number of carbonyl (C=O) groups excluding carboxylic acids is 1. The fourth-order valence-electron chi connectivity index (χ4n) is 2.78. The number of carboxylic acid groups (broad SMARTS) is 1. The SMILES string of the molecule is CCN(CC)S(=O)(=O)c1cc(C(=O)N(CC(=O)O)C2CC2)ccc1C. The molecule has 1 aliphatic carbocycles. The van der Waals surface area contributed by atoms with Crippen LogP contribution in [0, 0.1) is 6.92 Å². The van der Waals surface area contributed by atoms with E-state index < -0.39 is 21.9 Å². The molecular formula is C17H24N2O5S. The van der Waals surface area contributed by atoms with Gasteiger partial charge in [0.2, 0.25) is 10.0 Å². The molecule has 8 heteroatoms. The van der Waals surface area contributed by atoms with Crippen molar-refractivity contribution in [2.75, 3.05) is 19.6 Å². The van der Waals surface area contributed by atoms with Gasteiger partial charge in [0.05, 0.1) is 4.90 Å². The lowest BCUT2D eigenvalue weighted by Crippen LogP contribution is -2.37. The van der Waals surface area contributed by atoms with E-state index in [4.69, 9.17) is 5.11 Å². The van der Waals surface area contributed by atoms with E-state index in [2.05, 4.69) is 0 Å². The number of aliphatic carboxylic acids is 1. The van der Waals surface area contributed by atoms with Crippen molar-refractivity contribution in [2.24, 2.45) is 0 Å². The summed E-state index contributed by atoms with van der Waals surface area (Å²) in [5, 5.41) is 9.02. The van der Waals surface area contributed by atoms with Crippen LogP contribution in [-0.2, 0) is 14.8 Å². The van der Waals surface area contributed by atoms with Gasteiger partial charge in [-0.1, -0.05) is 19.9 Å². The fraction of sp³-hybridized carbons (Fsp3) is 0.529. The van der Waals surface area contributed by atoms with Crippen molar-refractivity contribution in [3.63, 3.8) is 0 Å². The van der Waals surface area contributed by atoms with Crippen LogP contribution < -0.4 is 0 Å². The average molecular weight is 368 g/mol. The van der Waals surface area contributed by atoms with Gasteiger partial charge in [0.15, 0.2) is 0 Å². The normalized spacial score (nSPS) is 14.6. The Morgan fingerprint density at radius 3 is 2.28 bits per heavy atom. The number of hydrogen-bond donors (Lipinski definition) is 1. The zero-order valence-electron chi connectivity index (χ0n) is 14.7. The molecule has 1 aliphatic rings. The van der Waals surface area contributed by atoms with Crippen molar-refractivity contribution in [1.29, 1.82) is 0 Å². The van der Waals surface area contributed by atoms with Crippen molar-refractivity contribution in [3.05, 3.63) is 29.3 Å². The molecule has 0 atom stereocenters. The topological polar surface area (TPSA) is 95.0 Å². The lowest BCUT2D eigenvalue weighted by Gasteiger charge is -2.22. The molecule has 0 aliphatic heterocycles. The number of sulfonamides is 1. The van der Waals surface area contributed by atoms with Gasteiger partial charge in [0.1, 0.15) is 6.54 Å². The van der Waals surface area contributed by atoms with E-state index in [0.29, 0.717) is 18.7 Å². The standard InChI is InChI=1S/C17H24N2O5S/c1-4-18(5-2)25(23,24)15-10-13(7-6-12(15)3)17(22)19(11-16(20)21)14-8-9-14/h6-7,10,14H,4-5,8-9,11H2,1-3H3,(H,20,21). The van der Waals surface area contributed by atoms with E-state index in [9.17, 15) is 18.0 Å². The molecule has 0 spiro atoms. The van der Waals surface area contributed by atoms with E-state index in [-0.39, 0.29) is 23.0 Å². The maximum absolute atomic E-state index is 12.8. The van der Waals surface area contributed by atoms with E-state index >= 15 is 0 Å². The number of carboxylic acids is 1. The zero-order chi connectivity index (χ0) is 18.8. The highest BCUT2D eigenvalue weighted by atomic mass is 32.2. The second-order valence-corrected chi connectivity index (χ2v) is 8.03. The van der Waals surface area contributed by atoms with Crippen molar-refractivity contribution in [2.45, 2.75) is 44.6 Å². The van der Waals surface area contributed by atoms with Crippen molar-refractivity contribution in [1.82, 2.24) is 9.21 Å². The third-order valence-corrected chi connectivity index (χ3v) is 6.50. The molecule has 25 heavy (non-hydrogen) atoms. The Balaban J connectivity index is 2.41. The molecule has 0 aromatic heterocycles. The maximum atomic E-state index is 12.8. The Labute approximate surface area is 148 Å². The minimum Gasteiger partial charge on any atom is -0.480 e. The molecule has 1 amide bonds. The second kappa shape index (κ2) is 7.53. The molecule has 0 radical (unpaired) electrons. The molecule has 0 unspecified atom stereocenters. The molecule has 1 fully saturated rings. The fourth-order valence-corrected chi connectivity index (χ4v) is 4.49. The molecule has 0 bridgehead atoms. The summed E-state index contributed by atoms with van der Waals surface area (Å²) in [6.07, 6.45) is 1.55. The predicted octanol–water partition coefficient (Wildman–Crippen LogP) is 1.71. The molecule has 1 N–H and O–H groups in total. The lowest BCUT2D eigenvalue weighted by molar-refractivity contribution is -0.137. The molecule has 0 heterocycles. The maximum Gasteiger partial charge on any atom is 0.323 e. The first-order valence-electron chi connectivity index (χ1n) is 8.35. The first-order valence-corrected chi connectivity index (χ1v) is 9.79. The minimum absolute atomic E-state index is 0.0762. The van der Waals surface area contributed by atoms with E-state index in [1.54, 1.807) is 32.9 Å². The second-order valence-electron chi connectivity index (χ2n) is 6.13. The highest BCUT2D eigenvalue weighted by Gasteiger charge is 2.35. The average Bonchev–Trinajstić information content (AvgIpc) is 3.37. The third kappa shape index (κ3) is 4.19. The highest BCUT2D eigenvalue weighted by molar-refractivity contribution is 7.89. The molecular weight excluding hydrogens is 344 g/mol. The molecule has 138 valence electrons. The van der Waals surface area contributed by atoms with E-state index in [1.165, 1.54) is 15.3 Å². The summed E-state index contributed by atoms with van der Waals surface area (Å²) in [5.74, 6) is -1.52. The number of amides is 1. The number of benzene rings is 1. The summed E-state index contributed by atoms with van der Waals surface area (Å²) in [6, 6.07) is 4.43. The van der Waals surface area contributed by atoms with Gasteiger partial charge in [-0.15, -0.1) is 0 Å². The zero-order valence-corrected chi connectivity index (χ0v) is 15.5. The van der Waals surface area contributed by atoms with Gasteiger partial charge in [-0.2, -0.15) is 4.31 Å². The van der Waals surface area contributed by atoms with Gasteiger partial charge in [-0.05, 0) is 37.5 Å². The summed E-state index contributed by atoms with van der Waals surface area (Å²) < 4.78 is 26.9. The number of aryl methyl sites for hydroxylation is 1.